The van der Waals surface area contributed by atoms with Crippen LogP contribution in [0.2, 0.25) is 0 Å². The molecule has 1 aromatic heterocycles. The summed E-state index contributed by atoms with van der Waals surface area (Å²) in [6.45, 7) is 0. The second-order valence-electron chi connectivity index (χ2n) is 1.20. The standard InChI is InChI=1S/C2HN3O4/c6-4-1-2(3-9-4)5(7)8/h1H. The average molecular weight is 131 g/mol. The molecule has 0 radical (unpaired) electrons. The van der Waals surface area contributed by atoms with Crippen LogP contribution in [0.5, 0.6) is 0 Å². The van der Waals surface area contributed by atoms with Crippen LogP contribution in [-0.2, 0) is 0 Å². The van der Waals surface area contributed by atoms with Gasteiger partial charge in [-0.25, -0.2) is 0 Å². The summed E-state index contributed by atoms with van der Waals surface area (Å²) in [6.07, 6.45) is 0.625. The number of aromatic nitrogens is 2. The highest BCUT2D eigenvalue weighted by atomic mass is 16.8. The van der Waals surface area contributed by atoms with Gasteiger partial charge in [0.1, 0.15) is 0 Å². The molecule has 0 spiro atoms. The second-order valence-corrected chi connectivity index (χ2v) is 1.20. The van der Waals surface area contributed by atoms with Crippen LogP contribution in [0.1, 0.15) is 0 Å². The Balaban J connectivity index is 2.98. The molecule has 7 heteroatoms. The molecule has 1 aromatic rings. The zero-order chi connectivity index (χ0) is 6.85. The summed E-state index contributed by atoms with van der Waals surface area (Å²) in [5, 5.41) is 22.5. The van der Waals surface area contributed by atoms with E-state index in [1.54, 1.807) is 0 Å². The first-order valence-electron chi connectivity index (χ1n) is 1.91. The molecule has 0 aliphatic rings. The fourth-order valence-corrected chi connectivity index (χ4v) is 0.304. The number of hydrogen-bond donors (Lipinski definition) is 0. The van der Waals surface area contributed by atoms with Gasteiger partial charge >= 0.3 is 5.82 Å². The average Bonchev–Trinajstić information content (AvgIpc) is 2.14. The summed E-state index contributed by atoms with van der Waals surface area (Å²) >= 11 is 0. The molecule has 0 bridgehead atoms. The monoisotopic (exact) mass is 131 g/mol. The van der Waals surface area contributed by atoms with Gasteiger partial charge in [0.05, 0.1) is 5.16 Å². The lowest BCUT2D eigenvalue weighted by molar-refractivity contribution is -0.802. The summed E-state index contributed by atoms with van der Waals surface area (Å²) in [7, 11) is 0. The van der Waals surface area contributed by atoms with Gasteiger partial charge in [0.2, 0.25) is 6.20 Å². The van der Waals surface area contributed by atoms with Gasteiger partial charge in [0, 0.05) is 0 Å². The molecule has 0 unspecified atom stereocenters. The maximum absolute atomic E-state index is 9.98. The molecule has 0 aliphatic heterocycles. The minimum Gasteiger partial charge on any atom is -0.359 e. The van der Waals surface area contributed by atoms with Crippen molar-refractivity contribution in [1.29, 1.82) is 0 Å². The Morgan fingerprint density at radius 3 is 2.78 bits per heavy atom. The van der Waals surface area contributed by atoms with E-state index in [2.05, 4.69) is 9.79 Å². The highest BCUT2D eigenvalue weighted by molar-refractivity contribution is 5.03. The van der Waals surface area contributed by atoms with Crippen molar-refractivity contribution in [2.75, 3.05) is 0 Å². The molecule has 0 aliphatic carbocycles. The molecule has 0 saturated carbocycles. The number of nitro groups is 1. The maximum atomic E-state index is 9.98. The van der Waals surface area contributed by atoms with Gasteiger partial charge in [-0.1, -0.05) is 0 Å². The van der Waals surface area contributed by atoms with Crippen LogP contribution in [0.3, 0.4) is 0 Å². The van der Waals surface area contributed by atoms with Gasteiger partial charge in [-0.2, -0.15) is 0 Å². The first kappa shape index (κ1) is 5.48. The molecular weight excluding hydrogens is 130 g/mol. The first-order chi connectivity index (χ1) is 4.20. The van der Waals surface area contributed by atoms with E-state index in [1.165, 1.54) is 0 Å². The molecule has 0 aromatic carbocycles. The van der Waals surface area contributed by atoms with Crippen molar-refractivity contribution in [3.63, 3.8) is 0 Å². The lowest BCUT2D eigenvalue weighted by Gasteiger charge is -1.79. The van der Waals surface area contributed by atoms with Crippen molar-refractivity contribution < 1.29 is 14.5 Å². The second kappa shape index (κ2) is 1.69. The SMILES string of the molecule is O=[N+]([O-])c1c[n+]([O-])on1. The third-order valence-corrected chi connectivity index (χ3v) is 0.623. The molecule has 0 amide bonds. The molecule has 0 atom stereocenters. The van der Waals surface area contributed by atoms with Gasteiger partial charge in [-0.15, -0.1) is 0 Å². The van der Waals surface area contributed by atoms with Crippen LogP contribution < -0.4 is 4.90 Å². The van der Waals surface area contributed by atoms with Gasteiger partial charge in [0.25, 0.3) is 0 Å². The van der Waals surface area contributed by atoms with Crippen molar-refractivity contribution in [3.8, 4) is 0 Å². The highest BCUT2D eigenvalue weighted by Gasteiger charge is 2.09. The van der Waals surface area contributed by atoms with E-state index >= 15 is 0 Å². The first-order valence-corrected chi connectivity index (χ1v) is 1.91. The van der Waals surface area contributed by atoms with Crippen LogP contribution in [-0.4, -0.2) is 10.1 Å². The van der Waals surface area contributed by atoms with E-state index < -0.39 is 10.7 Å². The van der Waals surface area contributed by atoms with Crippen molar-refractivity contribution in [2.24, 2.45) is 0 Å². The third-order valence-electron chi connectivity index (χ3n) is 0.623. The van der Waals surface area contributed by atoms with Gasteiger partial charge in [-0.3, -0.25) is 4.63 Å². The highest BCUT2D eigenvalue weighted by Crippen LogP contribution is 1.98. The summed E-state index contributed by atoms with van der Waals surface area (Å²) in [4.78, 5) is 8.82. The molecular formula is C2HN3O4. The maximum Gasteiger partial charge on any atom is 0.432 e. The summed E-state index contributed by atoms with van der Waals surface area (Å²) < 4.78 is 3.80. The summed E-state index contributed by atoms with van der Waals surface area (Å²) in [5.74, 6) is -0.593. The van der Waals surface area contributed by atoms with Crippen molar-refractivity contribution in [1.82, 2.24) is 5.16 Å². The molecule has 1 heterocycles. The Kier molecular flexibility index (Phi) is 1.03. The third kappa shape index (κ3) is 0.929. The van der Waals surface area contributed by atoms with Crippen molar-refractivity contribution in [3.05, 3.63) is 21.5 Å². The predicted molar refractivity (Wildman–Crippen MR) is 22.1 cm³/mol. The number of hydrogen-bond acceptors (Lipinski definition) is 5. The Hall–Kier alpha value is -1.66. The van der Waals surface area contributed by atoms with E-state index in [0.717, 1.165) is 0 Å². The number of rotatable bonds is 1. The zero-order valence-corrected chi connectivity index (χ0v) is 4.05. The van der Waals surface area contributed by atoms with E-state index in [0.29, 0.717) is 6.20 Å². The van der Waals surface area contributed by atoms with Crippen LogP contribution >= 0.6 is 0 Å². The molecule has 1 rings (SSSR count). The van der Waals surface area contributed by atoms with Gasteiger partial charge < -0.3 is 15.3 Å². The molecule has 9 heavy (non-hydrogen) atoms. The van der Waals surface area contributed by atoms with Crippen LogP contribution in [0.15, 0.2) is 10.8 Å². The molecule has 0 fully saturated rings. The summed E-state index contributed by atoms with van der Waals surface area (Å²) in [5.41, 5.74) is 0. The molecule has 48 valence electrons. The van der Waals surface area contributed by atoms with Crippen LogP contribution in [0, 0.1) is 15.3 Å². The lowest BCUT2D eigenvalue weighted by atomic mass is 10.8. The van der Waals surface area contributed by atoms with E-state index in [4.69, 9.17) is 0 Å². The fourth-order valence-electron chi connectivity index (χ4n) is 0.304. The lowest BCUT2D eigenvalue weighted by Crippen LogP contribution is -2.20. The van der Waals surface area contributed by atoms with Crippen LogP contribution in [0.4, 0.5) is 5.82 Å². The Morgan fingerprint density at radius 2 is 2.56 bits per heavy atom. The van der Waals surface area contributed by atoms with E-state index in [-0.39, 0.29) is 4.90 Å². The quantitative estimate of drug-likeness (QED) is 0.283. The smallest absolute Gasteiger partial charge is 0.359 e. The van der Waals surface area contributed by atoms with E-state index in [9.17, 15) is 15.3 Å². The zero-order valence-electron chi connectivity index (χ0n) is 4.05. The predicted octanol–water partition coefficient (Wildman–Crippen LogP) is -0.784. The minimum atomic E-state index is -0.822. The van der Waals surface area contributed by atoms with Crippen molar-refractivity contribution >= 4 is 5.82 Å². The molecule has 7 nitrogen and oxygen atoms in total. The Bertz CT molecular complexity index is 229. The van der Waals surface area contributed by atoms with Crippen LogP contribution in [0.25, 0.3) is 0 Å². The topological polar surface area (TPSA) is 96.1 Å². The van der Waals surface area contributed by atoms with E-state index in [1.807, 2.05) is 0 Å². The van der Waals surface area contributed by atoms with Gasteiger partial charge in [-0.05, 0) is 9.83 Å². The Labute approximate surface area is 48.2 Å². The molecule has 0 saturated heterocycles. The Morgan fingerprint density at radius 1 is 1.89 bits per heavy atom. The normalized spacial score (nSPS) is 9.33. The largest absolute Gasteiger partial charge is 0.432 e. The minimum absolute atomic E-state index is 0.0991. The molecule has 0 N–H and O–H groups in total. The summed E-state index contributed by atoms with van der Waals surface area (Å²) in [6, 6.07) is 0. The van der Waals surface area contributed by atoms with Gasteiger partial charge in [0.15, 0.2) is 0 Å². The fraction of sp³-hybridized carbons (Fsp3) is 0. The number of nitrogens with zero attached hydrogens (tertiary/aromatic N) is 3. The van der Waals surface area contributed by atoms with Crippen molar-refractivity contribution in [2.45, 2.75) is 0 Å².